The van der Waals surface area contributed by atoms with Gasteiger partial charge in [-0.25, -0.2) is 0 Å². The minimum Gasteiger partial charge on any atom is -0.322 e. The van der Waals surface area contributed by atoms with Crippen molar-refractivity contribution in [2.75, 3.05) is 5.32 Å². The van der Waals surface area contributed by atoms with E-state index in [9.17, 15) is 4.79 Å². The van der Waals surface area contributed by atoms with Crippen LogP contribution in [0.15, 0.2) is 42.5 Å². The predicted octanol–water partition coefficient (Wildman–Crippen LogP) is 6.34. The maximum atomic E-state index is 12.6. The maximum absolute atomic E-state index is 12.6. The normalized spacial score (nSPS) is 12.8. The zero-order valence-corrected chi connectivity index (χ0v) is 16.9. The van der Waals surface area contributed by atoms with Crippen molar-refractivity contribution in [1.82, 2.24) is 0 Å². The van der Waals surface area contributed by atoms with Crippen LogP contribution in [0.1, 0.15) is 34.3 Å². The molecule has 2 aromatic carbocycles. The fourth-order valence-corrected chi connectivity index (χ4v) is 5.36. The van der Waals surface area contributed by atoms with Crippen molar-refractivity contribution in [2.45, 2.75) is 45.5 Å². The van der Waals surface area contributed by atoms with E-state index in [2.05, 4.69) is 38.8 Å². The highest BCUT2D eigenvalue weighted by molar-refractivity contribution is 6.76. The summed E-state index contributed by atoms with van der Waals surface area (Å²) >= 11 is 5.98. The Morgan fingerprint density at radius 3 is 2.50 bits per heavy atom. The maximum Gasteiger partial charge on any atom is 0.255 e. The monoisotopic (exact) mass is 359 g/mol. The van der Waals surface area contributed by atoms with Crippen LogP contribution in [0, 0.1) is 6.92 Å². The zero-order valence-electron chi connectivity index (χ0n) is 15.1. The van der Waals surface area contributed by atoms with Crippen molar-refractivity contribution in [3.63, 3.8) is 0 Å². The first-order valence-corrected chi connectivity index (χ1v) is 12.4. The van der Waals surface area contributed by atoms with Gasteiger partial charge in [-0.05, 0) is 54.3 Å². The van der Waals surface area contributed by atoms with Crippen molar-refractivity contribution in [3.05, 3.63) is 64.2 Å². The van der Waals surface area contributed by atoms with E-state index < -0.39 is 8.07 Å². The van der Waals surface area contributed by atoms with Crippen molar-refractivity contribution in [2.24, 2.45) is 0 Å². The smallest absolute Gasteiger partial charge is 0.255 e. The standard InChI is InChI=1S/C20H26ClNOSi/c1-14-9-10-16(11-19(14)15(2)13-24(3,4)5)20(23)22-18-8-6-7-17(21)12-18/h6-12,15H,13H2,1-5H3,(H,22,23). The van der Waals surface area contributed by atoms with Crippen molar-refractivity contribution in [1.29, 1.82) is 0 Å². The minimum atomic E-state index is -1.15. The molecule has 0 spiro atoms. The van der Waals surface area contributed by atoms with Crippen LogP contribution in [0.25, 0.3) is 0 Å². The molecule has 0 saturated heterocycles. The number of hydrogen-bond acceptors (Lipinski definition) is 1. The SMILES string of the molecule is Cc1ccc(C(=O)Nc2cccc(Cl)c2)cc1C(C)C[Si](C)(C)C. The summed E-state index contributed by atoms with van der Waals surface area (Å²) < 4.78 is 0. The van der Waals surface area contributed by atoms with Gasteiger partial charge in [-0.2, -0.15) is 0 Å². The number of nitrogens with one attached hydrogen (secondary N) is 1. The van der Waals surface area contributed by atoms with Crippen molar-refractivity contribution >= 4 is 31.3 Å². The Bertz CT molecular complexity index is 737. The number of halogens is 1. The van der Waals surface area contributed by atoms with Crippen LogP contribution >= 0.6 is 11.6 Å². The number of carbonyl (C=O) groups excluding carboxylic acids is 1. The lowest BCUT2D eigenvalue weighted by Gasteiger charge is -2.23. The van der Waals surface area contributed by atoms with Gasteiger partial charge in [0, 0.05) is 24.3 Å². The van der Waals surface area contributed by atoms with E-state index in [0.29, 0.717) is 22.2 Å². The average Bonchev–Trinajstić information content (AvgIpc) is 2.45. The minimum absolute atomic E-state index is 0.0984. The number of amides is 1. The first kappa shape index (κ1) is 18.8. The van der Waals surface area contributed by atoms with E-state index >= 15 is 0 Å². The van der Waals surface area contributed by atoms with Crippen LogP contribution in [0.3, 0.4) is 0 Å². The largest absolute Gasteiger partial charge is 0.322 e. The summed E-state index contributed by atoms with van der Waals surface area (Å²) in [6, 6.07) is 14.4. The quantitative estimate of drug-likeness (QED) is 0.620. The number of benzene rings is 2. The molecule has 2 nitrogen and oxygen atoms in total. The van der Waals surface area contributed by atoms with E-state index in [4.69, 9.17) is 11.6 Å². The second kappa shape index (κ2) is 7.54. The lowest BCUT2D eigenvalue weighted by atomic mass is 9.95. The summed E-state index contributed by atoms with van der Waals surface area (Å²) in [5.41, 5.74) is 3.93. The molecule has 2 aromatic rings. The fraction of sp³-hybridized carbons (Fsp3) is 0.350. The highest BCUT2D eigenvalue weighted by atomic mass is 35.5. The first-order valence-electron chi connectivity index (χ1n) is 8.33. The molecule has 4 heteroatoms. The van der Waals surface area contributed by atoms with E-state index in [1.54, 1.807) is 12.1 Å². The molecule has 0 aromatic heterocycles. The van der Waals surface area contributed by atoms with Crippen LogP contribution in [0.4, 0.5) is 5.69 Å². The van der Waals surface area contributed by atoms with Crippen LogP contribution in [-0.4, -0.2) is 14.0 Å². The highest BCUT2D eigenvalue weighted by Crippen LogP contribution is 2.29. The second-order valence-electron chi connectivity index (χ2n) is 7.70. The molecular weight excluding hydrogens is 334 g/mol. The fourth-order valence-electron chi connectivity index (χ4n) is 3.11. The topological polar surface area (TPSA) is 29.1 Å². The molecule has 0 aliphatic heterocycles. The molecule has 0 saturated carbocycles. The van der Waals surface area contributed by atoms with Gasteiger partial charge in [0.1, 0.15) is 0 Å². The Morgan fingerprint density at radius 1 is 1.17 bits per heavy atom. The molecular formula is C20H26ClNOSi. The molecule has 0 fully saturated rings. The lowest BCUT2D eigenvalue weighted by molar-refractivity contribution is 0.102. The Morgan fingerprint density at radius 2 is 1.88 bits per heavy atom. The third-order valence-corrected chi connectivity index (χ3v) is 6.15. The third kappa shape index (κ3) is 5.22. The number of carbonyl (C=O) groups is 1. The molecule has 1 unspecified atom stereocenters. The summed E-state index contributed by atoms with van der Waals surface area (Å²) in [6.45, 7) is 11.5. The molecule has 0 radical (unpaired) electrons. The van der Waals surface area contributed by atoms with Crippen LogP contribution in [0.2, 0.25) is 30.7 Å². The molecule has 128 valence electrons. The summed E-state index contributed by atoms with van der Waals surface area (Å²) in [5, 5.41) is 3.53. The second-order valence-corrected chi connectivity index (χ2v) is 13.7. The van der Waals surface area contributed by atoms with Gasteiger partial charge < -0.3 is 5.32 Å². The van der Waals surface area contributed by atoms with Gasteiger partial charge in [-0.1, -0.05) is 56.3 Å². The van der Waals surface area contributed by atoms with E-state index in [1.165, 1.54) is 17.2 Å². The summed E-state index contributed by atoms with van der Waals surface area (Å²) in [5.74, 6) is 0.370. The Hall–Kier alpha value is -1.58. The zero-order chi connectivity index (χ0) is 17.9. The predicted molar refractivity (Wildman–Crippen MR) is 107 cm³/mol. The number of hydrogen-bond donors (Lipinski definition) is 1. The highest BCUT2D eigenvalue weighted by Gasteiger charge is 2.20. The summed E-state index contributed by atoms with van der Waals surface area (Å²) in [4.78, 5) is 12.6. The van der Waals surface area contributed by atoms with Gasteiger partial charge in [0.25, 0.3) is 5.91 Å². The van der Waals surface area contributed by atoms with Crippen LogP contribution in [0.5, 0.6) is 0 Å². The molecule has 24 heavy (non-hydrogen) atoms. The van der Waals surface area contributed by atoms with Crippen LogP contribution < -0.4 is 5.32 Å². The summed E-state index contributed by atoms with van der Waals surface area (Å²) in [7, 11) is -1.15. The van der Waals surface area contributed by atoms with Gasteiger partial charge in [0.15, 0.2) is 0 Å². The molecule has 1 N–H and O–H groups in total. The molecule has 0 aliphatic rings. The molecule has 1 amide bonds. The van der Waals surface area contributed by atoms with Gasteiger partial charge in [0.2, 0.25) is 0 Å². The Labute approximate surface area is 151 Å². The van der Waals surface area contributed by atoms with Gasteiger partial charge in [-0.15, -0.1) is 0 Å². The number of anilines is 1. The number of aryl methyl sites for hydroxylation is 1. The molecule has 1 atom stereocenters. The van der Waals surface area contributed by atoms with Crippen molar-refractivity contribution < 1.29 is 4.79 Å². The van der Waals surface area contributed by atoms with Gasteiger partial charge in [-0.3, -0.25) is 4.79 Å². The third-order valence-electron chi connectivity index (χ3n) is 4.07. The Kier molecular flexibility index (Phi) is 5.89. The molecule has 0 heterocycles. The lowest BCUT2D eigenvalue weighted by Crippen LogP contribution is -2.22. The first-order chi connectivity index (χ1) is 11.2. The van der Waals surface area contributed by atoms with Gasteiger partial charge in [0.05, 0.1) is 0 Å². The van der Waals surface area contributed by atoms with E-state index in [1.807, 2.05) is 30.3 Å². The van der Waals surface area contributed by atoms with Crippen molar-refractivity contribution in [3.8, 4) is 0 Å². The Balaban J connectivity index is 2.22. The molecule has 0 bridgehead atoms. The van der Waals surface area contributed by atoms with Crippen LogP contribution in [-0.2, 0) is 0 Å². The molecule has 0 aliphatic carbocycles. The average molecular weight is 360 g/mol. The van der Waals surface area contributed by atoms with E-state index in [0.717, 1.165) is 0 Å². The molecule has 2 rings (SSSR count). The van der Waals surface area contributed by atoms with Gasteiger partial charge >= 0.3 is 0 Å². The van der Waals surface area contributed by atoms with E-state index in [-0.39, 0.29) is 5.91 Å². The summed E-state index contributed by atoms with van der Waals surface area (Å²) in [6.07, 6.45) is 0. The number of rotatable bonds is 5.